The molecule has 0 aromatic heterocycles. The molecule has 17 heavy (non-hydrogen) atoms. The molecule has 1 unspecified atom stereocenters. The Morgan fingerprint density at radius 1 is 1.53 bits per heavy atom. The van der Waals surface area contributed by atoms with Gasteiger partial charge in [0.05, 0.1) is 12.7 Å². The summed E-state index contributed by atoms with van der Waals surface area (Å²) >= 11 is 0. The van der Waals surface area contributed by atoms with E-state index < -0.39 is 11.6 Å². The van der Waals surface area contributed by atoms with E-state index in [9.17, 15) is 9.59 Å². The van der Waals surface area contributed by atoms with Gasteiger partial charge in [-0.3, -0.25) is 4.79 Å². The molecule has 0 fully saturated rings. The summed E-state index contributed by atoms with van der Waals surface area (Å²) in [6, 6.07) is 6.75. The van der Waals surface area contributed by atoms with Crippen LogP contribution < -0.4 is 4.74 Å². The smallest absolute Gasteiger partial charge is 0.358 e. The third kappa shape index (κ3) is 1.53. The molecule has 0 bridgehead atoms. The van der Waals surface area contributed by atoms with Crippen LogP contribution in [0.4, 0.5) is 0 Å². The minimum Gasteiger partial charge on any atom is -0.466 e. The quantitative estimate of drug-likeness (QED) is 0.452. The van der Waals surface area contributed by atoms with Gasteiger partial charge in [0.25, 0.3) is 5.60 Å². The number of hydrogen-bond acceptors (Lipinski definition) is 4. The second-order valence-corrected chi connectivity index (χ2v) is 3.74. The lowest BCUT2D eigenvalue weighted by molar-refractivity contribution is -0.153. The number of ether oxygens (including phenoxy) is 2. The summed E-state index contributed by atoms with van der Waals surface area (Å²) in [6.45, 7) is 3.54. The summed E-state index contributed by atoms with van der Waals surface area (Å²) in [5.41, 5.74) is -1.19. The van der Waals surface area contributed by atoms with E-state index in [1.807, 2.05) is 0 Å². The Labute approximate surface area is 98.8 Å². The van der Waals surface area contributed by atoms with E-state index in [1.165, 1.54) is 13.2 Å². The zero-order valence-electron chi connectivity index (χ0n) is 9.43. The first kappa shape index (κ1) is 11.4. The molecule has 0 spiro atoms. The maximum Gasteiger partial charge on any atom is 0.358 e. The van der Waals surface area contributed by atoms with Gasteiger partial charge in [0, 0.05) is 6.42 Å². The largest absolute Gasteiger partial charge is 0.466 e. The van der Waals surface area contributed by atoms with E-state index in [0.29, 0.717) is 11.3 Å². The van der Waals surface area contributed by atoms with Crippen molar-refractivity contribution in [2.75, 3.05) is 7.11 Å². The minimum atomic E-state index is -1.60. The Morgan fingerprint density at radius 3 is 2.82 bits per heavy atom. The fourth-order valence-corrected chi connectivity index (χ4v) is 1.92. The van der Waals surface area contributed by atoms with Crippen LogP contribution in [0.5, 0.6) is 5.75 Å². The summed E-state index contributed by atoms with van der Waals surface area (Å²) in [6.07, 6.45) is 1.56. The molecule has 0 N–H and O–H groups in total. The van der Waals surface area contributed by atoms with Crippen molar-refractivity contribution in [3.8, 4) is 5.75 Å². The van der Waals surface area contributed by atoms with Gasteiger partial charge in [0.2, 0.25) is 5.78 Å². The molecule has 1 aromatic carbocycles. The molecule has 88 valence electrons. The zero-order chi connectivity index (χ0) is 12.5. The molecule has 0 saturated carbocycles. The molecule has 0 radical (unpaired) electrons. The number of rotatable bonds is 3. The number of para-hydroxylation sites is 1. The number of benzene rings is 1. The number of hydrogen-bond donors (Lipinski definition) is 0. The number of Topliss-reactive ketones (excluding diaryl/α,β-unsaturated/α-hetero) is 1. The van der Waals surface area contributed by atoms with Crippen LogP contribution in [0.2, 0.25) is 0 Å². The Balaban J connectivity index is 2.50. The molecule has 1 atom stereocenters. The van der Waals surface area contributed by atoms with Gasteiger partial charge in [-0.2, -0.15) is 0 Å². The van der Waals surface area contributed by atoms with E-state index in [-0.39, 0.29) is 12.2 Å². The molecule has 1 aliphatic heterocycles. The van der Waals surface area contributed by atoms with Gasteiger partial charge in [-0.1, -0.05) is 18.2 Å². The third-order valence-electron chi connectivity index (χ3n) is 2.73. The second-order valence-electron chi connectivity index (χ2n) is 3.74. The number of carbonyl (C=O) groups is 2. The highest BCUT2D eigenvalue weighted by atomic mass is 16.6. The van der Waals surface area contributed by atoms with Crippen molar-refractivity contribution in [3.05, 3.63) is 42.5 Å². The molecule has 0 saturated heterocycles. The first-order valence-electron chi connectivity index (χ1n) is 5.18. The van der Waals surface area contributed by atoms with Crippen molar-refractivity contribution in [2.45, 2.75) is 12.0 Å². The molecule has 0 amide bonds. The molecule has 1 aromatic rings. The lowest BCUT2D eigenvalue weighted by Crippen LogP contribution is -2.48. The molecule has 4 nitrogen and oxygen atoms in total. The van der Waals surface area contributed by atoms with Crippen LogP contribution >= 0.6 is 0 Å². The number of methoxy groups -OCH3 is 1. The van der Waals surface area contributed by atoms with Gasteiger partial charge in [-0.05, 0) is 12.1 Å². The van der Waals surface area contributed by atoms with Crippen LogP contribution in [0.25, 0.3) is 0 Å². The van der Waals surface area contributed by atoms with Crippen LogP contribution in [0, 0.1) is 0 Å². The van der Waals surface area contributed by atoms with Crippen molar-refractivity contribution in [3.63, 3.8) is 0 Å². The van der Waals surface area contributed by atoms with Gasteiger partial charge in [-0.15, -0.1) is 6.58 Å². The average Bonchev–Trinajstić information content (AvgIpc) is 2.64. The molecule has 1 aliphatic rings. The van der Waals surface area contributed by atoms with Crippen LogP contribution in [-0.2, 0) is 9.53 Å². The van der Waals surface area contributed by atoms with E-state index in [2.05, 4.69) is 11.3 Å². The first-order chi connectivity index (χ1) is 8.15. The molecule has 4 heteroatoms. The molecular formula is C13H12O4. The predicted octanol–water partition coefficient (Wildman–Crippen LogP) is 1.75. The Bertz CT molecular complexity index is 492. The van der Waals surface area contributed by atoms with E-state index in [4.69, 9.17) is 4.74 Å². The molecule has 0 aliphatic carbocycles. The minimum absolute atomic E-state index is 0.0905. The number of ketones is 1. The average molecular weight is 232 g/mol. The second kappa shape index (κ2) is 4.05. The first-order valence-corrected chi connectivity index (χ1v) is 5.18. The van der Waals surface area contributed by atoms with E-state index in [1.54, 1.807) is 24.3 Å². The Hall–Kier alpha value is -2.10. The monoisotopic (exact) mass is 232 g/mol. The standard InChI is InChI=1S/C13H12O4/c1-3-8-13(12(15)16-2)11(14)9-6-4-5-7-10(9)17-13/h3-7H,1,8H2,2H3. The van der Waals surface area contributed by atoms with Crippen molar-refractivity contribution < 1.29 is 19.1 Å². The number of carbonyl (C=O) groups excluding carboxylic acids is 2. The maximum absolute atomic E-state index is 12.2. The molecular weight excluding hydrogens is 220 g/mol. The van der Waals surface area contributed by atoms with Crippen LogP contribution in [0.15, 0.2) is 36.9 Å². The molecule has 1 heterocycles. The van der Waals surface area contributed by atoms with Gasteiger partial charge in [-0.25, -0.2) is 4.79 Å². The van der Waals surface area contributed by atoms with Gasteiger partial charge < -0.3 is 9.47 Å². The Kier molecular flexibility index (Phi) is 2.71. The highest BCUT2D eigenvalue weighted by Crippen LogP contribution is 2.37. The van der Waals surface area contributed by atoms with Gasteiger partial charge >= 0.3 is 5.97 Å². The summed E-state index contributed by atoms with van der Waals surface area (Å²) in [4.78, 5) is 24.0. The highest BCUT2D eigenvalue weighted by molar-refractivity contribution is 6.19. The fraction of sp³-hybridized carbons (Fsp3) is 0.231. The van der Waals surface area contributed by atoms with Crippen molar-refractivity contribution in [1.29, 1.82) is 0 Å². The van der Waals surface area contributed by atoms with Crippen LogP contribution in [0.3, 0.4) is 0 Å². The van der Waals surface area contributed by atoms with Crippen LogP contribution in [-0.4, -0.2) is 24.5 Å². The van der Waals surface area contributed by atoms with Crippen molar-refractivity contribution >= 4 is 11.8 Å². The van der Waals surface area contributed by atoms with Gasteiger partial charge in [0.1, 0.15) is 5.75 Å². The summed E-state index contributed by atoms with van der Waals surface area (Å²) in [5.74, 6) is -0.664. The highest BCUT2D eigenvalue weighted by Gasteiger charge is 2.54. The van der Waals surface area contributed by atoms with E-state index >= 15 is 0 Å². The lowest BCUT2D eigenvalue weighted by Gasteiger charge is -2.22. The van der Waals surface area contributed by atoms with E-state index in [0.717, 1.165) is 0 Å². The maximum atomic E-state index is 12.2. The summed E-state index contributed by atoms with van der Waals surface area (Å²) in [7, 11) is 1.23. The third-order valence-corrected chi connectivity index (χ3v) is 2.73. The van der Waals surface area contributed by atoms with Gasteiger partial charge in [0.15, 0.2) is 0 Å². The summed E-state index contributed by atoms with van der Waals surface area (Å²) in [5, 5.41) is 0. The molecule has 2 rings (SSSR count). The number of esters is 1. The van der Waals surface area contributed by atoms with Crippen molar-refractivity contribution in [2.24, 2.45) is 0 Å². The normalized spacial score (nSPS) is 21.6. The Morgan fingerprint density at radius 2 is 2.24 bits per heavy atom. The van der Waals surface area contributed by atoms with Crippen LogP contribution in [0.1, 0.15) is 16.8 Å². The SMILES string of the molecule is C=CCC1(C(=O)OC)Oc2ccccc2C1=O. The number of fused-ring (bicyclic) bond motifs is 1. The lowest BCUT2D eigenvalue weighted by atomic mass is 9.92. The predicted molar refractivity (Wildman–Crippen MR) is 61.0 cm³/mol. The fourth-order valence-electron chi connectivity index (χ4n) is 1.92. The summed E-state index contributed by atoms with van der Waals surface area (Å²) < 4.78 is 10.2. The topological polar surface area (TPSA) is 52.6 Å². The van der Waals surface area contributed by atoms with Crippen molar-refractivity contribution in [1.82, 2.24) is 0 Å². The zero-order valence-corrected chi connectivity index (χ0v) is 9.43.